The number of esters is 2. The lowest BCUT2D eigenvalue weighted by atomic mass is 10.1. The minimum atomic E-state index is -0.380. The maximum atomic E-state index is 11.7. The third-order valence-electron chi connectivity index (χ3n) is 5.39. The van der Waals surface area contributed by atoms with Gasteiger partial charge in [-0.15, -0.1) is 0 Å². The van der Waals surface area contributed by atoms with E-state index in [4.69, 9.17) is 21.1 Å². The van der Waals surface area contributed by atoms with Crippen molar-refractivity contribution in [1.29, 1.82) is 0 Å². The Morgan fingerprint density at radius 2 is 1.19 bits per heavy atom. The molecule has 0 unspecified atom stereocenters. The van der Waals surface area contributed by atoms with Gasteiger partial charge in [-0.3, -0.25) is 9.59 Å². The zero-order chi connectivity index (χ0) is 22.6. The van der Waals surface area contributed by atoms with Gasteiger partial charge in [0.2, 0.25) is 0 Å². The van der Waals surface area contributed by atoms with Crippen molar-refractivity contribution in [1.82, 2.24) is 0 Å². The van der Waals surface area contributed by atoms with Crippen molar-refractivity contribution in [3.05, 3.63) is 34.9 Å². The number of rotatable bonds is 19. The molecule has 31 heavy (non-hydrogen) atoms. The molecule has 0 amide bonds. The fourth-order valence-corrected chi connectivity index (χ4v) is 3.68. The molecule has 0 fully saturated rings. The average Bonchev–Trinajstić information content (AvgIpc) is 2.77. The van der Waals surface area contributed by atoms with Gasteiger partial charge in [-0.25, -0.2) is 0 Å². The second-order valence-electron chi connectivity index (χ2n) is 8.17. The molecule has 0 N–H and O–H groups in total. The molecule has 0 radical (unpaired) electrons. The second kappa shape index (κ2) is 19.2. The van der Waals surface area contributed by atoms with E-state index in [1.807, 2.05) is 24.3 Å². The third kappa shape index (κ3) is 15.8. The summed E-state index contributed by atoms with van der Waals surface area (Å²) in [5.41, 5.74) is 0.943. The minimum Gasteiger partial charge on any atom is -0.466 e. The van der Waals surface area contributed by atoms with Crippen LogP contribution in [0.1, 0.15) is 102 Å². The lowest BCUT2D eigenvalue weighted by molar-refractivity contribution is -0.150. The Balaban J connectivity index is 1.88. The van der Waals surface area contributed by atoms with Crippen molar-refractivity contribution < 1.29 is 19.1 Å². The van der Waals surface area contributed by atoms with Crippen LogP contribution in [-0.4, -0.2) is 25.2 Å². The van der Waals surface area contributed by atoms with Gasteiger partial charge >= 0.3 is 11.9 Å². The summed E-state index contributed by atoms with van der Waals surface area (Å²) in [6, 6.07) is 7.48. The van der Waals surface area contributed by atoms with Crippen molar-refractivity contribution in [2.24, 2.45) is 0 Å². The Morgan fingerprint density at radius 3 is 1.74 bits per heavy atom. The zero-order valence-electron chi connectivity index (χ0n) is 19.3. The number of benzene rings is 1. The summed E-state index contributed by atoms with van der Waals surface area (Å²) >= 11 is 6.07. The van der Waals surface area contributed by atoms with Crippen LogP contribution in [0.4, 0.5) is 0 Å². The molecule has 0 heterocycles. The van der Waals surface area contributed by atoms with E-state index >= 15 is 0 Å². The fourth-order valence-electron chi connectivity index (χ4n) is 3.45. The summed E-state index contributed by atoms with van der Waals surface area (Å²) in [6.45, 7) is 2.96. The lowest BCUT2D eigenvalue weighted by Gasteiger charge is -2.07. The first-order valence-corrected chi connectivity index (χ1v) is 12.6. The monoisotopic (exact) mass is 452 g/mol. The standard InChI is InChI=1S/C26H41ClO4/c1-2-3-4-5-6-7-8-9-10-11-12-15-21-30-25(28)18-19-26(29)31-22-20-23-16-13-14-17-24(23)27/h13-14,16-17H,2-12,15,18-22H2,1H3. The quantitative estimate of drug-likeness (QED) is 0.161. The molecule has 176 valence electrons. The van der Waals surface area contributed by atoms with Crippen LogP contribution >= 0.6 is 11.6 Å². The Hall–Kier alpha value is -1.55. The number of ether oxygens (including phenoxy) is 2. The zero-order valence-corrected chi connectivity index (χ0v) is 20.1. The van der Waals surface area contributed by atoms with Crippen LogP contribution in [0.5, 0.6) is 0 Å². The number of halogens is 1. The third-order valence-corrected chi connectivity index (χ3v) is 5.76. The van der Waals surface area contributed by atoms with E-state index in [2.05, 4.69) is 6.92 Å². The number of unbranched alkanes of at least 4 members (excludes halogenated alkanes) is 11. The van der Waals surface area contributed by atoms with Crippen molar-refractivity contribution in [3.8, 4) is 0 Å². The van der Waals surface area contributed by atoms with Crippen LogP contribution in [0.2, 0.25) is 5.02 Å². The molecule has 0 atom stereocenters. The Kier molecular flexibility index (Phi) is 17.0. The van der Waals surface area contributed by atoms with Gasteiger partial charge < -0.3 is 9.47 Å². The fraction of sp³-hybridized carbons (Fsp3) is 0.692. The highest BCUT2D eigenvalue weighted by atomic mass is 35.5. The molecule has 1 rings (SSSR count). The number of carbonyl (C=O) groups excluding carboxylic acids is 2. The molecule has 0 aliphatic rings. The smallest absolute Gasteiger partial charge is 0.306 e. The normalized spacial score (nSPS) is 10.8. The number of hydrogen-bond donors (Lipinski definition) is 0. The van der Waals surface area contributed by atoms with Crippen molar-refractivity contribution in [2.45, 2.75) is 103 Å². The Morgan fingerprint density at radius 1 is 0.710 bits per heavy atom. The SMILES string of the molecule is CCCCCCCCCCCCCCOC(=O)CCC(=O)OCCc1ccccc1Cl. The molecule has 0 spiro atoms. The highest BCUT2D eigenvalue weighted by Crippen LogP contribution is 2.15. The second-order valence-corrected chi connectivity index (χ2v) is 8.58. The van der Waals surface area contributed by atoms with Crippen LogP contribution in [0.25, 0.3) is 0 Å². The molecular weight excluding hydrogens is 412 g/mol. The Labute approximate surface area is 194 Å². The summed E-state index contributed by atoms with van der Waals surface area (Å²) in [7, 11) is 0. The lowest BCUT2D eigenvalue weighted by Crippen LogP contribution is -2.12. The van der Waals surface area contributed by atoms with Gasteiger partial charge in [0.05, 0.1) is 26.1 Å². The van der Waals surface area contributed by atoms with E-state index in [0.717, 1.165) is 18.4 Å². The molecular formula is C26H41ClO4. The minimum absolute atomic E-state index is 0.0554. The maximum absolute atomic E-state index is 11.7. The average molecular weight is 453 g/mol. The van der Waals surface area contributed by atoms with Crippen LogP contribution in [-0.2, 0) is 25.5 Å². The largest absolute Gasteiger partial charge is 0.466 e. The highest BCUT2D eigenvalue weighted by Gasteiger charge is 2.09. The van der Waals surface area contributed by atoms with Crippen LogP contribution in [0.15, 0.2) is 24.3 Å². The molecule has 5 heteroatoms. The summed E-state index contributed by atoms with van der Waals surface area (Å²) < 4.78 is 10.4. The van der Waals surface area contributed by atoms with Crippen LogP contribution in [0.3, 0.4) is 0 Å². The predicted octanol–water partition coefficient (Wildman–Crippen LogP) is 7.45. The van der Waals surface area contributed by atoms with E-state index < -0.39 is 0 Å². The Bertz CT molecular complexity index is 603. The molecule has 0 saturated carbocycles. The number of carbonyl (C=O) groups is 2. The molecule has 4 nitrogen and oxygen atoms in total. The van der Waals surface area contributed by atoms with Gasteiger partial charge in [0.25, 0.3) is 0 Å². The molecule has 0 aliphatic carbocycles. The van der Waals surface area contributed by atoms with Crippen molar-refractivity contribution >= 4 is 23.5 Å². The summed E-state index contributed by atoms with van der Waals surface area (Å²) in [5.74, 6) is -0.708. The van der Waals surface area contributed by atoms with E-state index in [0.29, 0.717) is 18.1 Å². The molecule has 1 aromatic rings. The van der Waals surface area contributed by atoms with E-state index in [9.17, 15) is 9.59 Å². The number of hydrogen-bond acceptors (Lipinski definition) is 4. The van der Waals surface area contributed by atoms with Gasteiger partial charge in [-0.1, -0.05) is 107 Å². The molecule has 1 aromatic carbocycles. The highest BCUT2D eigenvalue weighted by molar-refractivity contribution is 6.31. The van der Waals surface area contributed by atoms with Crippen LogP contribution < -0.4 is 0 Å². The van der Waals surface area contributed by atoms with Crippen molar-refractivity contribution in [2.75, 3.05) is 13.2 Å². The summed E-state index contributed by atoms with van der Waals surface area (Å²) in [6.07, 6.45) is 16.0. The van der Waals surface area contributed by atoms with E-state index in [1.54, 1.807) is 0 Å². The first-order chi connectivity index (χ1) is 15.1. The first kappa shape index (κ1) is 27.5. The van der Waals surface area contributed by atoms with Gasteiger partial charge in [0.1, 0.15) is 0 Å². The van der Waals surface area contributed by atoms with E-state index in [1.165, 1.54) is 64.2 Å². The van der Waals surface area contributed by atoms with Gasteiger partial charge in [-0.2, -0.15) is 0 Å². The summed E-state index contributed by atoms with van der Waals surface area (Å²) in [4.78, 5) is 23.5. The molecule has 0 bridgehead atoms. The predicted molar refractivity (Wildman–Crippen MR) is 127 cm³/mol. The molecule has 0 aromatic heterocycles. The molecule has 0 aliphatic heterocycles. The van der Waals surface area contributed by atoms with Gasteiger partial charge in [0.15, 0.2) is 0 Å². The molecule has 0 saturated heterocycles. The van der Waals surface area contributed by atoms with E-state index in [-0.39, 0.29) is 31.4 Å². The topological polar surface area (TPSA) is 52.6 Å². The first-order valence-electron chi connectivity index (χ1n) is 12.2. The van der Waals surface area contributed by atoms with Gasteiger partial charge in [0, 0.05) is 11.4 Å². The van der Waals surface area contributed by atoms with Gasteiger partial charge in [-0.05, 0) is 18.1 Å². The van der Waals surface area contributed by atoms with Crippen LogP contribution in [0, 0.1) is 0 Å². The summed E-state index contributed by atoms with van der Waals surface area (Å²) in [5, 5.41) is 0.667. The van der Waals surface area contributed by atoms with Crippen molar-refractivity contribution in [3.63, 3.8) is 0 Å². The maximum Gasteiger partial charge on any atom is 0.306 e.